The highest BCUT2D eigenvalue weighted by Gasteiger charge is 2.43. The van der Waals surface area contributed by atoms with Crippen LogP contribution in [0.25, 0.3) is 0 Å². The van der Waals surface area contributed by atoms with E-state index in [1.54, 1.807) is 0 Å². The third-order valence-electron chi connectivity index (χ3n) is 5.60. The average molecular weight is 288 g/mol. The first-order valence-corrected chi connectivity index (χ1v) is 8.32. The van der Waals surface area contributed by atoms with Gasteiger partial charge in [0.1, 0.15) is 0 Å². The Morgan fingerprint density at radius 2 is 1.81 bits per heavy atom. The topological polar surface area (TPSA) is 15.3 Å². The molecule has 1 aliphatic carbocycles. The van der Waals surface area contributed by atoms with E-state index in [2.05, 4.69) is 70.3 Å². The van der Waals surface area contributed by atoms with Crippen LogP contribution in [0.1, 0.15) is 55.3 Å². The molecule has 0 radical (unpaired) electrons. The first kappa shape index (κ1) is 16.5. The maximum absolute atomic E-state index is 3.65. The van der Waals surface area contributed by atoms with Gasteiger partial charge in [-0.25, -0.2) is 0 Å². The summed E-state index contributed by atoms with van der Waals surface area (Å²) in [7, 11) is 6.63. The van der Waals surface area contributed by atoms with Gasteiger partial charge in [0.15, 0.2) is 0 Å². The number of aryl methyl sites for hydroxylation is 2. The van der Waals surface area contributed by atoms with Crippen LogP contribution in [0, 0.1) is 19.8 Å². The van der Waals surface area contributed by atoms with E-state index in [0.717, 1.165) is 5.92 Å². The molecule has 1 aliphatic rings. The van der Waals surface area contributed by atoms with Crippen molar-refractivity contribution in [2.45, 2.75) is 58.0 Å². The molecule has 0 aliphatic heterocycles. The van der Waals surface area contributed by atoms with Gasteiger partial charge < -0.3 is 10.2 Å². The van der Waals surface area contributed by atoms with Gasteiger partial charge in [0.05, 0.1) is 6.04 Å². The Balaban J connectivity index is 2.43. The molecule has 1 atom stereocenters. The van der Waals surface area contributed by atoms with Crippen molar-refractivity contribution in [1.82, 2.24) is 10.2 Å². The zero-order valence-electron chi connectivity index (χ0n) is 14.7. The molecular weight excluding hydrogens is 256 g/mol. The highest BCUT2D eigenvalue weighted by molar-refractivity contribution is 5.35. The van der Waals surface area contributed by atoms with Crippen molar-refractivity contribution in [3.63, 3.8) is 0 Å². The first-order chi connectivity index (χ1) is 9.90. The summed E-state index contributed by atoms with van der Waals surface area (Å²) in [4.78, 5) is 2.47. The molecule has 1 N–H and O–H groups in total. The van der Waals surface area contributed by atoms with Crippen LogP contribution in [-0.4, -0.2) is 31.6 Å². The van der Waals surface area contributed by atoms with Gasteiger partial charge in [-0.15, -0.1) is 0 Å². The van der Waals surface area contributed by atoms with Crippen molar-refractivity contribution in [1.29, 1.82) is 0 Å². The molecule has 0 saturated heterocycles. The van der Waals surface area contributed by atoms with Gasteiger partial charge in [0, 0.05) is 5.54 Å². The maximum Gasteiger partial charge on any atom is 0.0507 e. The highest BCUT2D eigenvalue weighted by atomic mass is 15.2. The van der Waals surface area contributed by atoms with Crippen molar-refractivity contribution in [2.75, 3.05) is 21.1 Å². The Bertz CT molecular complexity index is 470. The summed E-state index contributed by atoms with van der Waals surface area (Å²) in [5.41, 5.74) is 4.47. The number of hydrogen-bond acceptors (Lipinski definition) is 2. The fourth-order valence-corrected chi connectivity index (χ4v) is 4.04. The number of rotatable bonds is 4. The normalized spacial score (nSPS) is 27.9. The lowest BCUT2D eigenvalue weighted by molar-refractivity contribution is 0.0453. The second-order valence-electron chi connectivity index (χ2n) is 7.26. The van der Waals surface area contributed by atoms with Crippen molar-refractivity contribution in [3.05, 3.63) is 34.9 Å². The molecule has 2 rings (SSSR count). The summed E-state index contributed by atoms with van der Waals surface area (Å²) in [5, 5.41) is 3.65. The van der Waals surface area contributed by atoms with Crippen LogP contribution in [0.4, 0.5) is 0 Å². The van der Waals surface area contributed by atoms with Gasteiger partial charge in [0.25, 0.3) is 0 Å². The molecule has 0 heterocycles. The largest absolute Gasteiger partial charge is 0.311 e. The maximum atomic E-state index is 3.65. The van der Waals surface area contributed by atoms with Crippen LogP contribution in [0.15, 0.2) is 18.2 Å². The van der Waals surface area contributed by atoms with E-state index < -0.39 is 0 Å². The number of benzene rings is 1. The zero-order chi connectivity index (χ0) is 15.6. The molecule has 118 valence electrons. The van der Waals surface area contributed by atoms with Gasteiger partial charge >= 0.3 is 0 Å². The smallest absolute Gasteiger partial charge is 0.0507 e. The Morgan fingerprint density at radius 3 is 2.33 bits per heavy atom. The van der Waals surface area contributed by atoms with E-state index in [4.69, 9.17) is 0 Å². The molecule has 2 heteroatoms. The lowest BCUT2D eigenvalue weighted by Gasteiger charge is -2.50. The summed E-state index contributed by atoms with van der Waals surface area (Å²) < 4.78 is 0. The SMILES string of the molecule is CNC(c1cc(C)ccc1C)C1(N(C)C)CCC(C)CC1. The number of nitrogens with one attached hydrogen (secondary N) is 1. The average Bonchev–Trinajstić information content (AvgIpc) is 2.45. The second kappa shape index (κ2) is 6.50. The molecule has 1 aromatic carbocycles. The van der Waals surface area contributed by atoms with E-state index in [1.165, 1.54) is 42.4 Å². The summed E-state index contributed by atoms with van der Waals surface area (Å²) in [6.45, 7) is 6.83. The van der Waals surface area contributed by atoms with Crippen LogP contribution < -0.4 is 5.32 Å². The van der Waals surface area contributed by atoms with E-state index in [-0.39, 0.29) is 5.54 Å². The molecule has 0 bridgehead atoms. The van der Waals surface area contributed by atoms with E-state index >= 15 is 0 Å². The van der Waals surface area contributed by atoms with Gasteiger partial charge in [0.2, 0.25) is 0 Å². The summed E-state index contributed by atoms with van der Waals surface area (Å²) in [6, 6.07) is 7.26. The van der Waals surface area contributed by atoms with Crippen molar-refractivity contribution >= 4 is 0 Å². The van der Waals surface area contributed by atoms with E-state index in [1.807, 2.05) is 0 Å². The molecule has 2 nitrogen and oxygen atoms in total. The minimum Gasteiger partial charge on any atom is -0.311 e. The van der Waals surface area contributed by atoms with Gasteiger partial charge in [-0.1, -0.05) is 30.7 Å². The minimum absolute atomic E-state index is 0.236. The van der Waals surface area contributed by atoms with Gasteiger partial charge in [-0.2, -0.15) is 0 Å². The molecule has 1 unspecified atom stereocenters. The fourth-order valence-electron chi connectivity index (χ4n) is 4.04. The standard InChI is InChI=1S/C19H32N2/c1-14-9-11-19(12-10-14,21(5)6)18(20-4)17-13-15(2)7-8-16(17)3/h7-8,13-14,18,20H,9-12H2,1-6H3. The van der Waals surface area contributed by atoms with Crippen LogP contribution in [0.3, 0.4) is 0 Å². The predicted octanol–water partition coefficient (Wildman–Crippen LogP) is 4.07. The summed E-state index contributed by atoms with van der Waals surface area (Å²) in [5.74, 6) is 0.870. The monoisotopic (exact) mass is 288 g/mol. The predicted molar refractivity (Wildman–Crippen MR) is 91.8 cm³/mol. The van der Waals surface area contributed by atoms with E-state index in [9.17, 15) is 0 Å². The van der Waals surface area contributed by atoms with Crippen LogP contribution >= 0.6 is 0 Å². The molecule has 1 fully saturated rings. The third-order valence-corrected chi connectivity index (χ3v) is 5.60. The third kappa shape index (κ3) is 3.17. The summed E-state index contributed by atoms with van der Waals surface area (Å²) >= 11 is 0. The number of nitrogens with zero attached hydrogens (tertiary/aromatic N) is 1. The van der Waals surface area contributed by atoms with Crippen LogP contribution in [-0.2, 0) is 0 Å². The minimum atomic E-state index is 0.236. The first-order valence-electron chi connectivity index (χ1n) is 8.32. The highest BCUT2D eigenvalue weighted by Crippen LogP contribution is 2.44. The lowest BCUT2D eigenvalue weighted by Crippen LogP contribution is -2.55. The van der Waals surface area contributed by atoms with Crippen molar-refractivity contribution in [3.8, 4) is 0 Å². The Morgan fingerprint density at radius 1 is 1.19 bits per heavy atom. The molecule has 1 aromatic rings. The molecular formula is C19H32N2. The molecule has 21 heavy (non-hydrogen) atoms. The van der Waals surface area contributed by atoms with Crippen molar-refractivity contribution in [2.24, 2.45) is 5.92 Å². The Labute approximate surface area is 130 Å². The van der Waals surface area contributed by atoms with Gasteiger partial charge in [-0.05, 0) is 77.7 Å². The molecule has 0 amide bonds. The molecule has 1 saturated carbocycles. The zero-order valence-corrected chi connectivity index (χ0v) is 14.7. The molecule has 0 spiro atoms. The summed E-state index contributed by atoms with van der Waals surface area (Å²) in [6.07, 6.45) is 5.22. The molecule has 0 aromatic heterocycles. The van der Waals surface area contributed by atoms with Crippen molar-refractivity contribution < 1.29 is 0 Å². The fraction of sp³-hybridized carbons (Fsp3) is 0.684. The lowest BCUT2D eigenvalue weighted by atomic mass is 9.69. The number of likely N-dealkylation sites (N-methyl/N-ethyl adjacent to an activating group) is 2. The Kier molecular flexibility index (Phi) is 5.11. The number of hydrogen-bond donors (Lipinski definition) is 1. The van der Waals surface area contributed by atoms with Crippen LogP contribution in [0.2, 0.25) is 0 Å². The van der Waals surface area contributed by atoms with Crippen LogP contribution in [0.5, 0.6) is 0 Å². The quantitative estimate of drug-likeness (QED) is 0.898. The second-order valence-corrected chi connectivity index (χ2v) is 7.26. The van der Waals surface area contributed by atoms with E-state index in [0.29, 0.717) is 6.04 Å². The Hall–Kier alpha value is -0.860. The van der Waals surface area contributed by atoms with Gasteiger partial charge in [-0.3, -0.25) is 0 Å².